The van der Waals surface area contributed by atoms with Gasteiger partial charge in [0.05, 0.1) is 6.61 Å². The van der Waals surface area contributed by atoms with Crippen LogP contribution in [0.4, 0.5) is 4.79 Å². The molecule has 0 saturated carbocycles. The number of hydrogen-bond acceptors (Lipinski definition) is 3. The number of hydrogen-bond donors (Lipinski definition) is 0. The highest BCUT2D eigenvalue weighted by molar-refractivity contribution is 5.93. The standard InChI is InChI=1S/C7H10N2O3/c1-4-12-7(11)9(3)6(10)5-8-2/h4-5H2,1,3H3. The van der Waals surface area contributed by atoms with Crippen LogP contribution in [0.25, 0.3) is 4.85 Å². The molecule has 0 fully saturated rings. The van der Waals surface area contributed by atoms with Crippen LogP contribution in [0.5, 0.6) is 0 Å². The first-order chi connectivity index (χ1) is 5.63. The summed E-state index contributed by atoms with van der Waals surface area (Å²) in [5.41, 5.74) is 0. The zero-order valence-corrected chi connectivity index (χ0v) is 7.03. The number of amides is 2. The molecule has 0 heterocycles. The molecule has 0 unspecified atom stereocenters. The molecule has 0 saturated heterocycles. The van der Waals surface area contributed by atoms with Crippen LogP contribution in [-0.2, 0) is 9.53 Å². The lowest BCUT2D eigenvalue weighted by Crippen LogP contribution is -2.34. The highest BCUT2D eigenvalue weighted by atomic mass is 16.6. The molecule has 5 heteroatoms. The van der Waals surface area contributed by atoms with Crippen molar-refractivity contribution in [3.63, 3.8) is 0 Å². The molecule has 0 N–H and O–H groups in total. The second-order valence-electron chi connectivity index (χ2n) is 1.97. The van der Waals surface area contributed by atoms with Gasteiger partial charge in [-0.15, -0.1) is 0 Å². The van der Waals surface area contributed by atoms with Gasteiger partial charge < -0.3 is 9.58 Å². The van der Waals surface area contributed by atoms with E-state index in [0.717, 1.165) is 4.90 Å². The predicted molar refractivity (Wildman–Crippen MR) is 41.3 cm³/mol. The molecule has 2 amide bonds. The summed E-state index contributed by atoms with van der Waals surface area (Å²) in [6.45, 7) is 7.93. The number of ether oxygens (including phenoxy) is 1. The average molecular weight is 170 g/mol. The minimum Gasteiger partial charge on any atom is -0.449 e. The Kier molecular flexibility index (Phi) is 4.46. The Morgan fingerprint density at radius 3 is 2.58 bits per heavy atom. The minimum atomic E-state index is -0.717. The van der Waals surface area contributed by atoms with Crippen LogP contribution in [0.3, 0.4) is 0 Å². The van der Waals surface area contributed by atoms with Crippen molar-refractivity contribution in [2.24, 2.45) is 0 Å². The van der Waals surface area contributed by atoms with E-state index < -0.39 is 12.0 Å². The van der Waals surface area contributed by atoms with Crippen molar-refractivity contribution in [2.45, 2.75) is 6.92 Å². The van der Waals surface area contributed by atoms with Crippen molar-refractivity contribution in [1.29, 1.82) is 0 Å². The van der Waals surface area contributed by atoms with Crippen LogP contribution in [0.1, 0.15) is 6.92 Å². The summed E-state index contributed by atoms with van der Waals surface area (Å²) in [5.74, 6) is -0.552. The molecule has 66 valence electrons. The van der Waals surface area contributed by atoms with Crippen LogP contribution < -0.4 is 0 Å². The normalized spacial score (nSPS) is 8.42. The molecule has 0 bridgehead atoms. The Labute approximate surface area is 70.7 Å². The summed E-state index contributed by atoms with van der Waals surface area (Å²) < 4.78 is 4.53. The van der Waals surface area contributed by atoms with Crippen LogP contribution >= 0.6 is 0 Å². The molecule has 0 aliphatic carbocycles. The van der Waals surface area contributed by atoms with Crippen molar-refractivity contribution in [3.8, 4) is 0 Å². The van der Waals surface area contributed by atoms with Crippen molar-refractivity contribution in [3.05, 3.63) is 11.4 Å². The van der Waals surface area contributed by atoms with Gasteiger partial charge in [-0.2, -0.15) is 0 Å². The summed E-state index contributed by atoms with van der Waals surface area (Å²) in [4.78, 5) is 25.4. The van der Waals surface area contributed by atoms with Gasteiger partial charge in [-0.25, -0.2) is 16.3 Å². The number of likely N-dealkylation sites (N-methyl/N-ethyl adjacent to an activating group) is 1. The maximum atomic E-state index is 10.9. The number of rotatable bonds is 2. The Morgan fingerprint density at radius 1 is 1.58 bits per heavy atom. The summed E-state index contributed by atoms with van der Waals surface area (Å²) >= 11 is 0. The lowest BCUT2D eigenvalue weighted by molar-refractivity contribution is -0.126. The van der Waals surface area contributed by atoms with Gasteiger partial charge in [0.15, 0.2) is 0 Å². The second-order valence-corrected chi connectivity index (χ2v) is 1.97. The highest BCUT2D eigenvalue weighted by Crippen LogP contribution is 1.91. The second kappa shape index (κ2) is 5.13. The lowest BCUT2D eigenvalue weighted by atomic mass is 10.5. The van der Waals surface area contributed by atoms with E-state index in [4.69, 9.17) is 6.57 Å². The molecule has 5 nitrogen and oxygen atoms in total. The van der Waals surface area contributed by atoms with Gasteiger partial charge >= 0.3 is 12.0 Å². The van der Waals surface area contributed by atoms with E-state index in [-0.39, 0.29) is 13.2 Å². The van der Waals surface area contributed by atoms with Crippen LogP contribution in [0, 0.1) is 6.57 Å². The van der Waals surface area contributed by atoms with Crippen molar-refractivity contribution in [1.82, 2.24) is 4.90 Å². The summed E-state index contributed by atoms with van der Waals surface area (Å²) in [6, 6.07) is 0. The van der Waals surface area contributed by atoms with E-state index in [0.29, 0.717) is 0 Å². The molecule has 0 aliphatic heterocycles. The molecule has 0 atom stereocenters. The van der Waals surface area contributed by atoms with Gasteiger partial charge in [-0.05, 0) is 6.92 Å². The lowest BCUT2D eigenvalue weighted by Gasteiger charge is -2.10. The molecule has 0 aromatic heterocycles. The topological polar surface area (TPSA) is 51.0 Å². The fourth-order valence-electron chi connectivity index (χ4n) is 0.496. The Balaban J connectivity index is 4.02. The third-order valence-corrected chi connectivity index (χ3v) is 1.13. The van der Waals surface area contributed by atoms with Gasteiger partial charge in [0.1, 0.15) is 0 Å². The molecule has 0 radical (unpaired) electrons. The number of nitrogens with zero attached hydrogens (tertiary/aromatic N) is 2. The van der Waals surface area contributed by atoms with Crippen molar-refractivity contribution in [2.75, 3.05) is 20.2 Å². The van der Waals surface area contributed by atoms with Crippen molar-refractivity contribution < 1.29 is 14.3 Å². The third kappa shape index (κ3) is 3.01. The minimum absolute atomic E-state index is 0.217. The number of carbonyl (C=O) groups is 2. The van der Waals surface area contributed by atoms with Gasteiger partial charge in [-0.3, -0.25) is 4.79 Å². The quantitative estimate of drug-likeness (QED) is 0.568. The third-order valence-electron chi connectivity index (χ3n) is 1.13. The largest absolute Gasteiger partial charge is 0.449 e. The van der Waals surface area contributed by atoms with Gasteiger partial charge in [0, 0.05) is 7.05 Å². The van der Waals surface area contributed by atoms with E-state index in [2.05, 4.69) is 9.58 Å². The first-order valence-electron chi connectivity index (χ1n) is 3.40. The van der Waals surface area contributed by atoms with E-state index in [1.807, 2.05) is 0 Å². The van der Waals surface area contributed by atoms with Crippen LogP contribution in [0.15, 0.2) is 0 Å². The number of carbonyl (C=O) groups excluding carboxylic acids is 2. The Bertz CT molecular complexity index is 219. The van der Waals surface area contributed by atoms with E-state index >= 15 is 0 Å². The monoisotopic (exact) mass is 170 g/mol. The molecule has 0 aromatic carbocycles. The molecule has 0 aliphatic rings. The highest BCUT2D eigenvalue weighted by Gasteiger charge is 2.19. The summed E-state index contributed by atoms with van der Waals surface area (Å²) in [6.07, 6.45) is -0.717. The smallest absolute Gasteiger partial charge is 0.416 e. The zero-order chi connectivity index (χ0) is 9.56. The van der Waals surface area contributed by atoms with E-state index in [1.165, 1.54) is 7.05 Å². The molecular formula is C7H10N2O3. The molecule has 0 rings (SSSR count). The maximum Gasteiger partial charge on any atom is 0.416 e. The SMILES string of the molecule is [C-]#[N+]CC(=O)N(C)C(=O)OCC. The van der Waals surface area contributed by atoms with Crippen molar-refractivity contribution >= 4 is 12.0 Å². The fourth-order valence-corrected chi connectivity index (χ4v) is 0.496. The fraction of sp³-hybridized carbons (Fsp3) is 0.571. The van der Waals surface area contributed by atoms with Gasteiger partial charge in [0.2, 0.25) is 0 Å². The van der Waals surface area contributed by atoms with Gasteiger partial charge in [0.25, 0.3) is 6.54 Å². The predicted octanol–water partition coefficient (Wildman–Crippen LogP) is 0.521. The molecular weight excluding hydrogens is 160 g/mol. The van der Waals surface area contributed by atoms with Crippen LogP contribution in [-0.4, -0.2) is 37.1 Å². The van der Waals surface area contributed by atoms with E-state index in [1.54, 1.807) is 6.92 Å². The summed E-state index contributed by atoms with van der Waals surface area (Å²) in [7, 11) is 1.28. The summed E-state index contributed by atoms with van der Waals surface area (Å²) in [5, 5.41) is 0. The first kappa shape index (κ1) is 10.4. The zero-order valence-electron chi connectivity index (χ0n) is 7.03. The Hall–Kier alpha value is -1.57. The van der Waals surface area contributed by atoms with Crippen LogP contribution in [0.2, 0.25) is 0 Å². The molecule has 12 heavy (non-hydrogen) atoms. The van der Waals surface area contributed by atoms with E-state index in [9.17, 15) is 9.59 Å². The number of imide groups is 1. The maximum absolute atomic E-state index is 10.9. The molecule has 0 aromatic rings. The average Bonchev–Trinajstić information content (AvgIpc) is 2.04. The van der Waals surface area contributed by atoms with Gasteiger partial charge in [-0.1, -0.05) is 0 Å². The first-order valence-corrected chi connectivity index (χ1v) is 3.40. The molecule has 0 spiro atoms. The Morgan fingerprint density at radius 2 is 2.17 bits per heavy atom.